The van der Waals surface area contributed by atoms with Gasteiger partial charge >= 0.3 is 5.97 Å². The number of esters is 1. The quantitative estimate of drug-likeness (QED) is 0.810. The maximum absolute atomic E-state index is 12.0. The first-order chi connectivity index (χ1) is 10.8. The molecule has 0 saturated heterocycles. The van der Waals surface area contributed by atoms with Crippen molar-refractivity contribution in [2.45, 2.75) is 19.4 Å². The third-order valence-corrected chi connectivity index (χ3v) is 3.63. The number of hydrogen-bond acceptors (Lipinski definition) is 4. The van der Waals surface area contributed by atoms with E-state index in [0.717, 1.165) is 11.3 Å². The summed E-state index contributed by atoms with van der Waals surface area (Å²) < 4.78 is 5.10. The number of carbonyl (C=O) groups is 1. The molecule has 0 N–H and O–H groups in total. The molecule has 0 bridgehead atoms. The van der Waals surface area contributed by atoms with Gasteiger partial charge in [-0.15, -0.1) is 0 Å². The molecule has 0 fully saturated rings. The van der Waals surface area contributed by atoms with Crippen molar-refractivity contribution in [1.29, 1.82) is 0 Å². The predicted octanol–water partition coefficient (Wildman–Crippen LogP) is 3.56. The number of hydrogen-bond donors (Lipinski definition) is 0. The molecule has 1 unspecified atom stereocenters. The topological polar surface area (TPSA) is 41.9 Å². The largest absolute Gasteiger partial charge is 0.461 e. The van der Waals surface area contributed by atoms with E-state index in [1.54, 1.807) is 6.92 Å². The zero-order valence-corrected chi connectivity index (χ0v) is 12.5. The van der Waals surface area contributed by atoms with E-state index in [-0.39, 0.29) is 12.0 Å². The Balaban J connectivity index is 1.94. The molecule has 1 heterocycles. The summed E-state index contributed by atoms with van der Waals surface area (Å²) in [6.45, 7) is 2.16. The summed E-state index contributed by atoms with van der Waals surface area (Å²) in [5.41, 5.74) is 2.57. The van der Waals surface area contributed by atoms with E-state index in [2.05, 4.69) is 17.2 Å². The number of para-hydroxylation sites is 1. The summed E-state index contributed by atoms with van der Waals surface area (Å²) in [5.74, 6) is -0.332. The summed E-state index contributed by atoms with van der Waals surface area (Å²) in [4.78, 5) is 12.0. The monoisotopic (exact) mass is 294 g/mol. The Bertz CT molecular complexity index is 668. The number of anilines is 1. The van der Waals surface area contributed by atoms with Crippen LogP contribution in [-0.4, -0.2) is 18.3 Å². The van der Waals surface area contributed by atoms with Crippen LogP contribution in [0.1, 0.15) is 24.9 Å². The Morgan fingerprint density at radius 2 is 1.77 bits per heavy atom. The van der Waals surface area contributed by atoms with E-state index >= 15 is 0 Å². The lowest BCUT2D eigenvalue weighted by molar-refractivity contribution is -0.135. The van der Waals surface area contributed by atoms with E-state index < -0.39 is 0 Å². The molecule has 4 nitrogen and oxygen atoms in total. The van der Waals surface area contributed by atoms with Crippen LogP contribution in [0.5, 0.6) is 0 Å². The van der Waals surface area contributed by atoms with E-state index in [4.69, 9.17) is 4.74 Å². The average molecular weight is 294 g/mol. The Labute approximate surface area is 130 Å². The fourth-order valence-electron chi connectivity index (χ4n) is 2.60. The molecule has 1 aliphatic rings. The first-order valence-corrected chi connectivity index (χ1v) is 7.43. The zero-order valence-electron chi connectivity index (χ0n) is 12.5. The van der Waals surface area contributed by atoms with Gasteiger partial charge in [0.15, 0.2) is 0 Å². The van der Waals surface area contributed by atoms with Gasteiger partial charge in [0, 0.05) is 6.42 Å². The highest BCUT2D eigenvalue weighted by atomic mass is 16.5. The molecular formula is C18H18N2O2. The third-order valence-electron chi connectivity index (χ3n) is 3.63. The highest BCUT2D eigenvalue weighted by Gasteiger charge is 2.32. The van der Waals surface area contributed by atoms with Crippen LogP contribution in [0, 0.1) is 0 Å². The summed E-state index contributed by atoms with van der Waals surface area (Å²) in [5, 5.41) is 6.41. The molecule has 4 heteroatoms. The predicted molar refractivity (Wildman–Crippen MR) is 86.8 cm³/mol. The van der Waals surface area contributed by atoms with Crippen LogP contribution in [0.3, 0.4) is 0 Å². The Morgan fingerprint density at radius 3 is 2.41 bits per heavy atom. The van der Waals surface area contributed by atoms with Crippen LogP contribution in [-0.2, 0) is 9.53 Å². The molecular weight excluding hydrogens is 276 g/mol. The van der Waals surface area contributed by atoms with Crippen molar-refractivity contribution in [1.82, 2.24) is 0 Å². The van der Waals surface area contributed by atoms with Crippen molar-refractivity contribution in [3.05, 3.63) is 66.2 Å². The molecule has 0 aromatic heterocycles. The molecule has 0 spiro atoms. The number of hydrazone groups is 1. The highest BCUT2D eigenvalue weighted by Crippen LogP contribution is 2.35. The minimum atomic E-state index is -0.332. The van der Waals surface area contributed by atoms with Gasteiger partial charge in [-0.2, -0.15) is 5.10 Å². The smallest absolute Gasteiger partial charge is 0.354 e. The Kier molecular flexibility index (Phi) is 4.19. The molecule has 112 valence electrons. The molecule has 0 aliphatic carbocycles. The standard InChI is InChI=1S/C18H18N2O2/c1-2-22-18(21)16-13-17(14-9-5-3-6-10-14)20(19-16)15-11-7-4-8-12-15/h3-12,17H,2,13H2,1H3. The van der Waals surface area contributed by atoms with Gasteiger partial charge in [-0.25, -0.2) is 4.79 Å². The van der Waals surface area contributed by atoms with E-state index in [9.17, 15) is 4.79 Å². The first-order valence-electron chi connectivity index (χ1n) is 7.43. The van der Waals surface area contributed by atoms with E-state index in [1.165, 1.54) is 0 Å². The molecule has 0 saturated carbocycles. The number of ether oxygens (including phenoxy) is 1. The maximum atomic E-state index is 12.0. The van der Waals surface area contributed by atoms with Gasteiger partial charge in [0.05, 0.1) is 18.3 Å². The van der Waals surface area contributed by atoms with Gasteiger partial charge in [0.25, 0.3) is 0 Å². The fourth-order valence-corrected chi connectivity index (χ4v) is 2.60. The van der Waals surface area contributed by atoms with Crippen LogP contribution >= 0.6 is 0 Å². The van der Waals surface area contributed by atoms with Crippen molar-refractivity contribution in [2.75, 3.05) is 11.6 Å². The second-order valence-corrected chi connectivity index (χ2v) is 5.08. The number of carbonyl (C=O) groups excluding carboxylic acids is 1. The van der Waals surface area contributed by atoms with Crippen molar-refractivity contribution in [3.8, 4) is 0 Å². The van der Waals surface area contributed by atoms with Gasteiger partial charge in [-0.05, 0) is 24.6 Å². The zero-order chi connectivity index (χ0) is 15.4. The molecule has 1 aliphatic heterocycles. The highest BCUT2D eigenvalue weighted by molar-refractivity contribution is 6.37. The summed E-state index contributed by atoms with van der Waals surface area (Å²) in [7, 11) is 0. The lowest BCUT2D eigenvalue weighted by Crippen LogP contribution is -2.18. The van der Waals surface area contributed by atoms with Crippen LogP contribution in [0.25, 0.3) is 0 Å². The number of nitrogens with zero attached hydrogens (tertiary/aromatic N) is 2. The van der Waals surface area contributed by atoms with Crippen LogP contribution in [0.2, 0.25) is 0 Å². The van der Waals surface area contributed by atoms with Crippen molar-refractivity contribution in [2.24, 2.45) is 5.10 Å². The minimum Gasteiger partial charge on any atom is -0.461 e. The van der Waals surface area contributed by atoms with Crippen molar-refractivity contribution < 1.29 is 9.53 Å². The minimum absolute atomic E-state index is 0.0167. The molecule has 0 amide bonds. The summed E-state index contributed by atoms with van der Waals surface area (Å²) in [6.07, 6.45) is 0.553. The molecule has 0 radical (unpaired) electrons. The normalized spacial score (nSPS) is 17.2. The summed E-state index contributed by atoms with van der Waals surface area (Å²) in [6, 6.07) is 20.0. The fraction of sp³-hybridized carbons (Fsp3) is 0.222. The molecule has 3 rings (SSSR count). The van der Waals surface area contributed by atoms with Gasteiger partial charge in [0.1, 0.15) is 5.71 Å². The maximum Gasteiger partial charge on any atom is 0.354 e. The Morgan fingerprint density at radius 1 is 1.14 bits per heavy atom. The first kappa shape index (κ1) is 14.3. The Hall–Kier alpha value is -2.62. The third kappa shape index (κ3) is 2.86. The average Bonchev–Trinajstić information content (AvgIpc) is 3.02. The van der Waals surface area contributed by atoms with Crippen LogP contribution < -0.4 is 5.01 Å². The van der Waals surface area contributed by atoms with Gasteiger partial charge in [-0.1, -0.05) is 48.5 Å². The molecule has 1 atom stereocenters. The molecule has 2 aromatic carbocycles. The van der Waals surface area contributed by atoms with E-state index in [0.29, 0.717) is 18.7 Å². The second kappa shape index (κ2) is 6.43. The molecule has 22 heavy (non-hydrogen) atoms. The number of rotatable bonds is 4. The van der Waals surface area contributed by atoms with Crippen molar-refractivity contribution >= 4 is 17.4 Å². The van der Waals surface area contributed by atoms with Crippen LogP contribution in [0.15, 0.2) is 65.8 Å². The SMILES string of the molecule is CCOC(=O)C1=NN(c2ccccc2)C(c2ccccc2)C1. The van der Waals surface area contributed by atoms with Gasteiger partial charge in [0.2, 0.25) is 0 Å². The van der Waals surface area contributed by atoms with Crippen LogP contribution in [0.4, 0.5) is 5.69 Å². The van der Waals surface area contributed by atoms with E-state index in [1.807, 2.05) is 53.5 Å². The lowest BCUT2D eigenvalue weighted by Gasteiger charge is -2.23. The number of benzene rings is 2. The lowest BCUT2D eigenvalue weighted by atomic mass is 10.0. The van der Waals surface area contributed by atoms with Gasteiger partial charge < -0.3 is 4.74 Å². The molecule has 2 aromatic rings. The summed E-state index contributed by atoms with van der Waals surface area (Å²) >= 11 is 0. The second-order valence-electron chi connectivity index (χ2n) is 5.08. The van der Waals surface area contributed by atoms with Gasteiger partial charge in [-0.3, -0.25) is 5.01 Å². The van der Waals surface area contributed by atoms with Crippen molar-refractivity contribution in [3.63, 3.8) is 0 Å².